The average Bonchev–Trinajstić information content (AvgIpc) is 3.15. The molecule has 29 heavy (non-hydrogen) atoms. The van der Waals surface area contributed by atoms with Gasteiger partial charge in [0.05, 0.1) is 16.6 Å². The number of hydrogen-bond donors (Lipinski definition) is 0. The summed E-state index contributed by atoms with van der Waals surface area (Å²) in [6.45, 7) is 0.770. The summed E-state index contributed by atoms with van der Waals surface area (Å²) in [5, 5.41) is 10.2. The van der Waals surface area contributed by atoms with Crippen molar-refractivity contribution >= 4 is 64.5 Å². The zero-order chi connectivity index (χ0) is 19.9. The van der Waals surface area contributed by atoms with E-state index < -0.39 is 0 Å². The van der Waals surface area contributed by atoms with E-state index in [-0.39, 0.29) is 25.6 Å². The molecule has 0 amide bonds. The number of hydrogen-bond acceptors (Lipinski definition) is 5. The normalized spacial score (nSPS) is 11.1. The van der Waals surface area contributed by atoms with Crippen molar-refractivity contribution in [2.75, 3.05) is 13.2 Å². The number of nitrogens with zero attached hydrogens (tertiary/aromatic N) is 4. The molecule has 0 aliphatic heterocycles. The molecule has 0 spiro atoms. The number of aromatic nitrogens is 3. The van der Waals surface area contributed by atoms with Crippen molar-refractivity contribution in [2.24, 2.45) is 5.16 Å². The number of rotatable bonds is 8. The van der Waals surface area contributed by atoms with E-state index in [0.29, 0.717) is 43.7 Å². The van der Waals surface area contributed by atoms with Crippen LogP contribution in [0.4, 0.5) is 0 Å². The van der Waals surface area contributed by atoms with E-state index >= 15 is 0 Å². The maximum absolute atomic E-state index is 6.30. The Balaban J connectivity index is 0.00000300. The van der Waals surface area contributed by atoms with E-state index in [1.165, 1.54) is 6.33 Å². The van der Waals surface area contributed by atoms with Gasteiger partial charge in [0.2, 0.25) is 0 Å². The Kier molecular flexibility index (Phi) is 9.33. The maximum atomic E-state index is 6.30. The summed E-state index contributed by atoms with van der Waals surface area (Å²) in [5.41, 5.74) is 1.25. The topological polar surface area (TPSA) is 61.5 Å². The van der Waals surface area contributed by atoms with Crippen molar-refractivity contribution in [3.05, 3.63) is 74.7 Å². The predicted molar refractivity (Wildman–Crippen MR) is 118 cm³/mol. The number of oxime groups is 1. The summed E-state index contributed by atoms with van der Waals surface area (Å²) in [7, 11) is 0. The highest BCUT2D eigenvalue weighted by Gasteiger charge is 2.12. The molecular formula is C18H15Cl5N4O2. The van der Waals surface area contributed by atoms with Crippen LogP contribution < -0.4 is 4.74 Å². The van der Waals surface area contributed by atoms with Crippen LogP contribution in [0, 0.1) is 0 Å². The monoisotopic (exact) mass is 494 g/mol. The van der Waals surface area contributed by atoms with Gasteiger partial charge < -0.3 is 9.57 Å². The molecule has 0 bridgehead atoms. The third kappa shape index (κ3) is 6.94. The molecule has 0 unspecified atom stereocenters. The Morgan fingerprint density at radius 1 is 0.966 bits per heavy atom. The molecule has 1 heterocycles. The van der Waals surface area contributed by atoms with E-state index in [4.69, 9.17) is 56.0 Å². The fourth-order valence-electron chi connectivity index (χ4n) is 2.26. The van der Waals surface area contributed by atoms with Crippen LogP contribution in [0.3, 0.4) is 0 Å². The van der Waals surface area contributed by atoms with Crippen LogP contribution in [0.5, 0.6) is 5.75 Å². The zero-order valence-electron chi connectivity index (χ0n) is 14.8. The van der Waals surface area contributed by atoms with Crippen LogP contribution >= 0.6 is 58.8 Å². The summed E-state index contributed by atoms with van der Waals surface area (Å²) in [6.07, 6.45) is 3.01. The lowest BCUT2D eigenvalue weighted by Crippen LogP contribution is -2.14. The summed E-state index contributed by atoms with van der Waals surface area (Å²) in [5.74, 6) is 0.516. The van der Waals surface area contributed by atoms with Gasteiger partial charge in [-0.15, -0.1) is 12.4 Å². The second kappa shape index (κ2) is 11.5. The Morgan fingerprint density at radius 2 is 1.69 bits per heavy atom. The molecule has 3 aromatic rings. The van der Waals surface area contributed by atoms with E-state index in [0.717, 1.165) is 0 Å². The molecule has 154 valence electrons. The van der Waals surface area contributed by atoms with Gasteiger partial charge in [-0.2, -0.15) is 5.10 Å². The van der Waals surface area contributed by atoms with Crippen LogP contribution in [-0.4, -0.2) is 33.7 Å². The Labute approximate surface area is 193 Å². The molecule has 3 rings (SSSR count). The highest BCUT2D eigenvalue weighted by atomic mass is 35.5. The third-order valence-corrected chi connectivity index (χ3v) is 4.60. The molecule has 1 aromatic heterocycles. The van der Waals surface area contributed by atoms with Gasteiger partial charge in [-0.3, -0.25) is 0 Å². The van der Waals surface area contributed by atoms with Crippen LogP contribution in [0.15, 0.2) is 54.2 Å². The number of ether oxygens (including phenoxy) is 1. The van der Waals surface area contributed by atoms with Gasteiger partial charge in [0.1, 0.15) is 30.7 Å². The molecule has 11 heteroatoms. The van der Waals surface area contributed by atoms with E-state index in [2.05, 4.69) is 15.2 Å². The molecule has 0 radical (unpaired) electrons. The molecule has 0 saturated heterocycles. The SMILES string of the molecule is Cl.Clc1ccc(OCCON=C(Cn2cncn2)c2ccc(Cl)cc2Cl)c(Cl)c1. The molecule has 0 atom stereocenters. The van der Waals surface area contributed by atoms with Crippen LogP contribution in [0.2, 0.25) is 20.1 Å². The van der Waals surface area contributed by atoms with Crippen molar-refractivity contribution < 1.29 is 9.57 Å². The zero-order valence-corrected chi connectivity index (χ0v) is 18.6. The van der Waals surface area contributed by atoms with E-state index in [9.17, 15) is 0 Å². The molecule has 0 fully saturated rings. The first-order valence-electron chi connectivity index (χ1n) is 8.07. The third-order valence-electron chi connectivity index (χ3n) is 3.52. The lowest BCUT2D eigenvalue weighted by Gasteiger charge is -2.10. The lowest BCUT2D eigenvalue weighted by molar-refractivity contribution is 0.106. The standard InChI is InChI=1S/C18H14Cl4N4O2.ClH/c19-12-1-3-14(15(21)7-12)17(9-26-11-23-10-24-26)25-28-6-5-27-18-4-2-13(20)8-16(18)22;/h1-4,7-8,10-11H,5-6,9H2;1H. The van der Waals surface area contributed by atoms with E-state index in [1.54, 1.807) is 47.4 Å². The molecule has 0 N–H and O–H groups in total. The van der Waals surface area contributed by atoms with Gasteiger partial charge in [-0.1, -0.05) is 51.6 Å². The molecular weight excluding hydrogens is 481 g/mol. The minimum atomic E-state index is 0. The number of benzene rings is 2. The Bertz CT molecular complexity index is 967. The minimum Gasteiger partial charge on any atom is -0.488 e. The minimum absolute atomic E-state index is 0. The molecule has 6 nitrogen and oxygen atoms in total. The quantitative estimate of drug-likeness (QED) is 0.224. The summed E-state index contributed by atoms with van der Waals surface area (Å²) < 4.78 is 7.18. The van der Waals surface area contributed by atoms with Crippen molar-refractivity contribution in [3.63, 3.8) is 0 Å². The predicted octanol–water partition coefficient (Wildman–Crippen LogP) is 5.81. The first kappa shape index (κ1) is 23.6. The second-order valence-corrected chi connectivity index (χ2v) is 7.20. The molecule has 0 aliphatic carbocycles. The van der Waals surface area contributed by atoms with Gasteiger partial charge in [0.25, 0.3) is 0 Å². The van der Waals surface area contributed by atoms with Gasteiger partial charge in [-0.25, -0.2) is 9.67 Å². The number of halogens is 5. The van der Waals surface area contributed by atoms with E-state index in [1.807, 2.05) is 0 Å². The first-order valence-corrected chi connectivity index (χ1v) is 9.58. The summed E-state index contributed by atoms with van der Waals surface area (Å²) >= 11 is 24.2. The van der Waals surface area contributed by atoms with Crippen LogP contribution in [0.25, 0.3) is 0 Å². The average molecular weight is 497 g/mol. The summed E-state index contributed by atoms with van der Waals surface area (Å²) in [4.78, 5) is 9.33. The van der Waals surface area contributed by atoms with Crippen molar-refractivity contribution in [3.8, 4) is 5.75 Å². The molecule has 0 aliphatic rings. The fraction of sp³-hybridized carbons (Fsp3) is 0.167. The first-order chi connectivity index (χ1) is 13.5. The van der Waals surface area contributed by atoms with Gasteiger partial charge in [0, 0.05) is 15.6 Å². The highest BCUT2D eigenvalue weighted by Crippen LogP contribution is 2.27. The van der Waals surface area contributed by atoms with Gasteiger partial charge in [0.15, 0.2) is 6.61 Å². The second-order valence-electron chi connectivity index (χ2n) is 5.51. The smallest absolute Gasteiger partial charge is 0.151 e. The van der Waals surface area contributed by atoms with Gasteiger partial charge >= 0.3 is 0 Å². The van der Waals surface area contributed by atoms with Crippen LogP contribution in [-0.2, 0) is 11.4 Å². The fourth-order valence-corrected chi connectivity index (χ4v) is 3.24. The Morgan fingerprint density at radius 3 is 2.34 bits per heavy atom. The van der Waals surface area contributed by atoms with Crippen molar-refractivity contribution in [1.82, 2.24) is 14.8 Å². The Hall–Kier alpha value is -1.70. The van der Waals surface area contributed by atoms with Crippen LogP contribution in [0.1, 0.15) is 5.56 Å². The largest absolute Gasteiger partial charge is 0.488 e. The van der Waals surface area contributed by atoms with Gasteiger partial charge in [-0.05, 0) is 36.4 Å². The molecule has 0 saturated carbocycles. The highest BCUT2D eigenvalue weighted by molar-refractivity contribution is 6.37. The van der Waals surface area contributed by atoms with Crippen molar-refractivity contribution in [2.45, 2.75) is 6.54 Å². The summed E-state index contributed by atoms with van der Waals surface area (Å²) in [6, 6.07) is 10.1. The van der Waals surface area contributed by atoms with Crippen molar-refractivity contribution in [1.29, 1.82) is 0 Å². The molecule has 2 aromatic carbocycles. The maximum Gasteiger partial charge on any atom is 0.151 e. The lowest BCUT2D eigenvalue weighted by atomic mass is 10.1.